The second-order valence-corrected chi connectivity index (χ2v) is 7.10. The molecule has 1 rings (SSSR count). The summed E-state index contributed by atoms with van der Waals surface area (Å²) in [6.07, 6.45) is 0. The van der Waals surface area contributed by atoms with Crippen molar-refractivity contribution >= 4 is 10.0 Å². The molecule has 0 aliphatic heterocycles. The topological polar surface area (TPSA) is 72.2 Å². The molecule has 0 heterocycles. The van der Waals surface area contributed by atoms with Crippen LogP contribution in [-0.4, -0.2) is 20.0 Å². The maximum Gasteiger partial charge on any atom is 0.241 e. The summed E-state index contributed by atoms with van der Waals surface area (Å²) in [4.78, 5) is 0.114. The van der Waals surface area contributed by atoms with Crippen molar-refractivity contribution in [1.82, 2.24) is 4.72 Å². The van der Waals surface area contributed by atoms with Crippen LogP contribution in [0, 0.1) is 19.7 Å². The first-order chi connectivity index (χ1) is 8.47. The quantitative estimate of drug-likeness (QED) is 0.888. The Bertz CT molecular complexity index is 557. The molecule has 1 atom stereocenters. The molecular weight excluding hydrogens is 267 g/mol. The molecule has 108 valence electrons. The van der Waals surface area contributed by atoms with Crippen LogP contribution in [0.1, 0.15) is 31.9 Å². The van der Waals surface area contributed by atoms with Crippen molar-refractivity contribution < 1.29 is 12.8 Å². The van der Waals surface area contributed by atoms with E-state index in [9.17, 15) is 12.8 Å². The number of rotatable bonds is 4. The average Bonchev–Trinajstić information content (AvgIpc) is 2.12. The second kappa shape index (κ2) is 5.19. The molecular formula is C13H21FN2O2S. The van der Waals surface area contributed by atoms with E-state index in [0.717, 1.165) is 0 Å². The van der Waals surface area contributed by atoms with Gasteiger partial charge in [-0.3, -0.25) is 0 Å². The van der Waals surface area contributed by atoms with Gasteiger partial charge in [-0.1, -0.05) is 0 Å². The number of benzene rings is 1. The van der Waals surface area contributed by atoms with Gasteiger partial charge in [-0.25, -0.2) is 17.5 Å². The molecule has 6 heteroatoms. The third-order valence-electron chi connectivity index (χ3n) is 3.23. The molecule has 0 aliphatic carbocycles. The Kier molecular flexibility index (Phi) is 4.39. The Balaban J connectivity index is 3.30. The van der Waals surface area contributed by atoms with Gasteiger partial charge < -0.3 is 5.73 Å². The monoisotopic (exact) mass is 288 g/mol. The highest BCUT2D eigenvalue weighted by Gasteiger charge is 2.31. The minimum absolute atomic E-state index is 0.114. The van der Waals surface area contributed by atoms with Crippen LogP contribution < -0.4 is 10.5 Å². The van der Waals surface area contributed by atoms with Crippen molar-refractivity contribution in [3.05, 3.63) is 29.1 Å². The lowest BCUT2D eigenvalue weighted by Gasteiger charge is -2.30. The second-order valence-electron chi connectivity index (χ2n) is 5.48. The lowest BCUT2D eigenvalue weighted by atomic mass is 9.99. The van der Waals surface area contributed by atoms with E-state index < -0.39 is 21.4 Å². The van der Waals surface area contributed by atoms with Gasteiger partial charge >= 0.3 is 0 Å². The fraction of sp³-hybridized carbons (Fsp3) is 0.538. The van der Waals surface area contributed by atoms with E-state index >= 15 is 0 Å². The van der Waals surface area contributed by atoms with Gasteiger partial charge in [-0.15, -0.1) is 0 Å². The van der Waals surface area contributed by atoms with Crippen LogP contribution in [0.3, 0.4) is 0 Å². The van der Waals surface area contributed by atoms with Crippen LogP contribution in [0.25, 0.3) is 0 Å². The summed E-state index contributed by atoms with van der Waals surface area (Å²) in [5.41, 5.74) is 5.74. The lowest BCUT2D eigenvalue weighted by molar-refractivity contribution is 0.387. The van der Waals surface area contributed by atoms with E-state index in [4.69, 9.17) is 5.73 Å². The first-order valence-corrected chi connectivity index (χ1v) is 7.52. The normalized spacial score (nSPS) is 14.5. The van der Waals surface area contributed by atoms with Gasteiger partial charge in [-0.2, -0.15) is 0 Å². The standard InChI is InChI=1S/C13H21FN2O2S/c1-8-6-11(14)7-9(2)12(8)19(17,18)16-13(4,5)10(3)15/h6-7,10,16H,15H2,1-5H3. The van der Waals surface area contributed by atoms with Gasteiger partial charge in [-0.05, 0) is 57.9 Å². The Labute approximate surface area is 114 Å². The zero-order valence-corrected chi connectivity index (χ0v) is 12.7. The maximum atomic E-state index is 13.2. The van der Waals surface area contributed by atoms with Crippen molar-refractivity contribution in [2.75, 3.05) is 0 Å². The predicted molar refractivity (Wildman–Crippen MR) is 73.9 cm³/mol. The van der Waals surface area contributed by atoms with E-state index in [1.54, 1.807) is 34.6 Å². The highest BCUT2D eigenvalue weighted by molar-refractivity contribution is 7.89. The highest BCUT2D eigenvalue weighted by Crippen LogP contribution is 2.23. The van der Waals surface area contributed by atoms with Crippen molar-refractivity contribution in [1.29, 1.82) is 0 Å². The molecule has 0 amide bonds. The molecule has 1 aromatic carbocycles. The van der Waals surface area contributed by atoms with E-state index in [2.05, 4.69) is 4.72 Å². The molecule has 0 radical (unpaired) electrons. The summed E-state index contributed by atoms with van der Waals surface area (Å²) in [6, 6.07) is 2.06. The molecule has 0 spiro atoms. The first kappa shape index (κ1) is 16.1. The first-order valence-electron chi connectivity index (χ1n) is 6.03. The number of hydrogen-bond acceptors (Lipinski definition) is 3. The summed E-state index contributed by atoms with van der Waals surface area (Å²) in [6.45, 7) is 8.30. The molecule has 0 aromatic heterocycles. The van der Waals surface area contributed by atoms with Gasteiger partial charge in [0.05, 0.1) is 4.90 Å². The molecule has 0 saturated carbocycles. The van der Waals surface area contributed by atoms with Gasteiger partial charge in [0.2, 0.25) is 10.0 Å². The van der Waals surface area contributed by atoms with Crippen LogP contribution in [0.5, 0.6) is 0 Å². The molecule has 0 bridgehead atoms. The van der Waals surface area contributed by atoms with Crippen LogP contribution in [-0.2, 0) is 10.0 Å². The van der Waals surface area contributed by atoms with Gasteiger partial charge in [0, 0.05) is 11.6 Å². The number of hydrogen-bond donors (Lipinski definition) is 2. The predicted octanol–water partition coefficient (Wildman–Crippen LogP) is 1.85. The Hall–Kier alpha value is -0.980. The van der Waals surface area contributed by atoms with Crippen molar-refractivity contribution in [2.24, 2.45) is 5.73 Å². The number of sulfonamides is 1. The maximum absolute atomic E-state index is 13.2. The van der Waals surface area contributed by atoms with Crippen LogP contribution in [0.15, 0.2) is 17.0 Å². The molecule has 4 nitrogen and oxygen atoms in total. The van der Waals surface area contributed by atoms with Gasteiger partial charge in [0.1, 0.15) is 5.82 Å². The highest BCUT2D eigenvalue weighted by atomic mass is 32.2. The summed E-state index contributed by atoms with van der Waals surface area (Å²) in [5, 5.41) is 0. The zero-order valence-electron chi connectivity index (χ0n) is 11.9. The van der Waals surface area contributed by atoms with E-state index in [0.29, 0.717) is 11.1 Å². The van der Waals surface area contributed by atoms with Crippen molar-refractivity contribution in [3.63, 3.8) is 0 Å². The van der Waals surface area contributed by atoms with Gasteiger partial charge in [0.15, 0.2) is 0 Å². The fourth-order valence-electron chi connectivity index (χ4n) is 1.81. The summed E-state index contributed by atoms with van der Waals surface area (Å²) in [7, 11) is -3.74. The average molecular weight is 288 g/mol. The minimum atomic E-state index is -3.74. The third kappa shape index (κ3) is 3.52. The minimum Gasteiger partial charge on any atom is -0.326 e. The Morgan fingerprint density at radius 2 is 1.68 bits per heavy atom. The SMILES string of the molecule is Cc1cc(F)cc(C)c1S(=O)(=O)NC(C)(C)C(C)N. The van der Waals surface area contributed by atoms with Crippen LogP contribution in [0.2, 0.25) is 0 Å². The summed E-state index contributed by atoms with van der Waals surface area (Å²) < 4.78 is 40.6. The number of nitrogens with two attached hydrogens (primary N) is 1. The van der Waals surface area contributed by atoms with E-state index in [1.807, 2.05) is 0 Å². The largest absolute Gasteiger partial charge is 0.326 e. The van der Waals surface area contributed by atoms with E-state index in [1.165, 1.54) is 12.1 Å². The zero-order chi connectivity index (χ0) is 15.0. The molecule has 0 saturated heterocycles. The lowest BCUT2D eigenvalue weighted by Crippen LogP contribution is -2.54. The molecule has 0 aliphatic rings. The summed E-state index contributed by atoms with van der Waals surface area (Å²) >= 11 is 0. The van der Waals surface area contributed by atoms with Crippen molar-refractivity contribution in [3.8, 4) is 0 Å². The van der Waals surface area contributed by atoms with E-state index in [-0.39, 0.29) is 10.9 Å². The summed E-state index contributed by atoms with van der Waals surface area (Å²) in [5.74, 6) is -0.444. The van der Waals surface area contributed by atoms with Crippen LogP contribution >= 0.6 is 0 Å². The molecule has 0 fully saturated rings. The smallest absolute Gasteiger partial charge is 0.241 e. The molecule has 1 unspecified atom stereocenters. The number of halogens is 1. The molecule has 1 aromatic rings. The van der Waals surface area contributed by atoms with Crippen LogP contribution in [0.4, 0.5) is 4.39 Å². The molecule has 19 heavy (non-hydrogen) atoms. The Morgan fingerprint density at radius 3 is 2.05 bits per heavy atom. The Morgan fingerprint density at radius 1 is 1.26 bits per heavy atom. The number of nitrogens with one attached hydrogen (secondary N) is 1. The van der Waals surface area contributed by atoms with Gasteiger partial charge in [0.25, 0.3) is 0 Å². The van der Waals surface area contributed by atoms with Crippen molar-refractivity contribution in [2.45, 2.75) is 51.1 Å². The fourth-order valence-corrected chi connectivity index (χ4v) is 3.76. The third-order valence-corrected chi connectivity index (χ3v) is 5.21. The number of aryl methyl sites for hydroxylation is 2. The molecule has 3 N–H and O–H groups in total.